The molecule has 150 valence electrons. The van der Waals surface area contributed by atoms with Crippen molar-refractivity contribution in [2.45, 2.75) is 27.4 Å². The van der Waals surface area contributed by atoms with Gasteiger partial charge in [-0.15, -0.1) is 0 Å². The van der Waals surface area contributed by atoms with E-state index >= 15 is 0 Å². The van der Waals surface area contributed by atoms with E-state index in [4.69, 9.17) is 18.7 Å². The third kappa shape index (κ3) is 4.63. The van der Waals surface area contributed by atoms with Gasteiger partial charge in [0.25, 0.3) is 0 Å². The second-order valence-corrected chi connectivity index (χ2v) is 6.43. The highest BCUT2D eigenvalue weighted by Crippen LogP contribution is 2.30. The molecule has 29 heavy (non-hydrogen) atoms. The van der Waals surface area contributed by atoms with E-state index in [1.807, 2.05) is 13.8 Å². The molecule has 0 spiro atoms. The van der Waals surface area contributed by atoms with Gasteiger partial charge in [-0.25, -0.2) is 4.79 Å². The van der Waals surface area contributed by atoms with Gasteiger partial charge in [0, 0.05) is 5.56 Å². The first-order chi connectivity index (χ1) is 13.9. The molecule has 0 N–H and O–H groups in total. The number of benzene rings is 2. The Bertz CT molecular complexity index is 1020. The maximum Gasteiger partial charge on any atom is 0.343 e. The third-order valence-corrected chi connectivity index (χ3v) is 4.42. The zero-order valence-corrected chi connectivity index (χ0v) is 16.6. The van der Waals surface area contributed by atoms with Gasteiger partial charge in [-0.05, 0) is 63.2 Å². The summed E-state index contributed by atoms with van der Waals surface area (Å²) in [7, 11) is 1.49. The molecular formula is C22H21NO6. The summed E-state index contributed by atoms with van der Waals surface area (Å²) in [4.78, 5) is 23.8. The number of Topliss-reactive ketones (excluding diaryl/α,β-unsaturated/α-hetero) is 1. The molecular weight excluding hydrogens is 374 g/mol. The molecule has 7 heteroatoms. The number of hydrogen-bond acceptors (Lipinski definition) is 7. The van der Waals surface area contributed by atoms with Gasteiger partial charge < -0.3 is 18.7 Å². The number of rotatable bonds is 7. The Morgan fingerprint density at radius 2 is 1.69 bits per heavy atom. The molecule has 0 radical (unpaired) electrons. The van der Waals surface area contributed by atoms with E-state index in [2.05, 4.69) is 5.16 Å². The standard InChI is InChI=1S/C22H21NO6/c1-13-19(15(3)29-23-13)12-27-20-10-7-17(11-21(20)26-4)22(25)28-18-8-5-16(6-9-18)14(2)24/h5-11H,12H2,1-4H3. The SMILES string of the molecule is COc1cc(C(=O)Oc2ccc(C(C)=O)cc2)ccc1OCc1c(C)noc1C. The second-order valence-electron chi connectivity index (χ2n) is 6.43. The van der Waals surface area contributed by atoms with Crippen molar-refractivity contribution in [2.24, 2.45) is 0 Å². The summed E-state index contributed by atoms with van der Waals surface area (Å²) in [5, 5.41) is 3.90. The number of esters is 1. The fraction of sp³-hybridized carbons (Fsp3) is 0.227. The van der Waals surface area contributed by atoms with Crippen LogP contribution in [0.1, 0.15) is 44.7 Å². The van der Waals surface area contributed by atoms with Crippen LogP contribution in [-0.2, 0) is 6.61 Å². The summed E-state index contributed by atoms with van der Waals surface area (Å²) in [5.41, 5.74) is 2.48. The summed E-state index contributed by atoms with van der Waals surface area (Å²) >= 11 is 0. The van der Waals surface area contributed by atoms with Gasteiger partial charge in [0.2, 0.25) is 0 Å². The van der Waals surface area contributed by atoms with E-state index in [1.165, 1.54) is 14.0 Å². The van der Waals surface area contributed by atoms with Crippen LogP contribution in [0, 0.1) is 13.8 Å². The van der Waals surface area contributed by atoms with Crippen molar-refractivity contribution >= 4 is 11.8 Å². The maximum absolute atomic E-state index is 12.4. The Balaban J connectivity index is 1.71. The number of carbonyl (C=O) groups excluding carboxylic acids is 2. The predicted molar refractivity (Wildman–Crippen MR) is 105 cm³/mol. The van der Waals surface area contributed by atoms with Gasteiger partial charge in [0.15, 0.2) is 17.3 Å². The highest BCUT2D eigenvalue weighted by Gasteiger charge is 2.15. The zero-order chi connectivity index (χ0) is 21.0. The van der Waals surface area contributed by atoms with Gasteiger partial charge in [-0.3, -0.25) is 4.79 Å². The molecule has 0 aliphatic carbocycles. The minimum absolute atomic E-state index is 0.0557. The Labute approximate surface area is 168 Å². The van der Waals surface area contributed by atoms with Crippen molar-refractivity contribution < 1.29 is 28.3 Å². The van der Waals surface area contributed by atoms with E-state index < -0.39 is 5.97 Å². The fourth-order valence-electron chi connectivity index (χ4n) is 2.70. The topological polar surface area (TPSA) is 87.9 Å². The number of hydrogen-bond donors (Lipinski definition) is 0. The molecule has 1 heterocycles. The van der Waals surface area contributed by atoms with Crippen molar-refractivity contribution in [3.63, 3.8) is 0 Å². The van der Waals surface area contributed by atoms with Crippen LogP contribution in [0.15, 0.2) is 47.0 Å². The smallest absolute Gasteiger partial charge is 0.343 e. The molecule has 3 aromatic rings. The number of aryl methyl sites for hydroxylation is 2. The molecule has 0 fully saturated rings. The highest BCUT2D eigenvalue weighted by molar-refractivity contribution is 5.94. The van der Waals surface area contributed by atoms with Gasteiger partial charge in [-0.1, -0.05) is 5.16 Å². The minimum atomic E-state index is -0.545. The Kier molecular flexibility index (Phi) is 5.97. The van der Waals surface area contributed by atoms with Crippen LogP contribution in [-0.4, -0.2) is 24.0 Å². The fourth-order valence-corrected chi connectivity index (χ4v) is 2.70. The molecule has 7 nitrogen and oxygen atoms in total. The van der Waals surface area contributed by atoms with Crippen LogP contribution in [0.2, 0.25) is 0 Å². The lowest BCUT2D eigenvalue weighted by Gasteiger charge is -2.12. The molecule has 0 saturated heterocycles. The maximum atomic E-state index is 12.4. The van der Waals surface area contributed by atoms with Crippen LogP contribution < -0.4 is 14.2 Å². The minimum Gasteiger partial charge on any atom is -0.493 e. The quantitative estimate of drug-likeness (QED) is 0.335. The Morgan fingerprint density at radius 3 is 2.28 bits per heavy atom. The van der Waals surface area contributed by atoms with Crippen molar-refractivity contribution in [2.75, 3.05) is 7.11 Å². The number of carbonyl (C=O) groups is 2. The highest BCUT2D eigenvalue weighted by atomic mass is 16.5. The monoisotopic (exact) mass is 395 g/mol. The molecule has 1 aromatic heterocycles. The zero-order valence-electron chi connectivity index (χ0n) is 16.6. The molecule has 0 aliphatic rings. The molecule has 0 amide bonds. The molecule has 0 aliphatic heterocycles. The molecule has 0 unspecified atom stereocenters. The number of aromatic nitrogens is 1. The average Bonchev–Trinajstić information content (AvgIpc) is 3.04. The lowest BCUT2D eigenvalue weighted by molar-refractivity contribution is 0.0734. The van der Waals surface area contributed by atoms with Gasteiger partial charge in [0.1, 0.15) is 18.1 Å². The first-order valence-electron chi connectivity index (χ1n) is 8.94. The second kappa shape index (κ2) is 8.60. The molecule has 0 bridgehead atoms. The van der Waals surface area contributed by atoms with Crippen molar-refractivity contribution in [3.8, 4) is 17.2 Å². The van der Waals surface area contributed by atoms with E-state index in [0.717, 1.165) is 11.3 Å². The van der Waals surface area contributed by atoms with Crippen LogP contribution >= 0.6 is 0 Å². The van der Waals surface area contributed by atoms with Crippen molar-refractivity contribution in [1.82, 2.24) is 5.16 Å². The van der Waals surface area contributed by atoms with E-state index in [1.54, 1.807) is 42.5 Å². The summed E-state index contributed by atoms with van der Waals surface area (Å²) in [6.07, 6.45) is 0. The third-order valence-electron chi connectivity index (χ3n) is 4.42. The number of ketones is 1. The Morgan fingerprint density at radius 1 is 1.00 bits per heavy atom. The van der Waals surface area contributed by atoms with Gasteiger partial charge >= 0.3 is 5.97 Å². The van der Waals surface area contributed by atoms with Crippen LogP contribution in [0.4, 0.5) is 0 Å². The molecule has 0 atom stereocenters. The van der Waals surface area contributed by atoms with E-state index in [-0.39, 0.29) is 12.4 Å². The number of ether oxygens (including phenoxy) is 3. The Hall–Kier alpha value is -3.61. The summed E-state index contributed by atoms with van der Waals surface area (Å²) < 4.78 is 21.6. The largest absolute Gasteiger partial charge is 0.493 e. The van der Waals surface area contributed by atoms with Crippen LogP contribution in [0.5, 0.6) is 17.2 Å². The summed E-state index contributed by atoms with van der Waals surface area (Å²) in [6, 6.07) is 11.2. The predicted octanol–water partition coefficient (Wildman–Crippen LogP) is 4.30. The van der Waals surface area contributed by atoms with Crippen LogP contribution in [0.25, 0.3) is 0 Å². The van der Waals surface area contributed by atoms with E-state index in [0.29, 0.717) is 34.1 Å². The number of methoxy groups -OCH3 is 1. The van der Waals surface area contributed by atoms with Gasteiger partial charge in [0.05, 0.1) is 23.9 Å². The first-order valence-corrected chi connectivity index (χ1v) is 8.94. The number of nitrogens with zero attached hydrogens (tertiary/aromatic N) is 1. The average molecular weight is 395 g/mol. The molecule has 2 aromatic carbocycles. The van der Waals surface area contributed by atoms with Gasteiger partial charge in [-0.2, -0.15) is 0 Å². The van der Waals surface area contributed by atoms with Crippen molar-refractivity contribution in [1.29, 1.82) is 0 Å². The summed E-state index contributed by atoms with van der Waals surface area (Å²) in [5.74, 6) is 1.32. The van der Waals surface area contributed by atoms with Crippen molar-refractivity contribution in [3.05, 3.63) is 70.6 Å². The lowest BCUT2D eigenvalue weighted by atomic mass is 10.1. The first kappa shape index (κ1) is 20.1. The van der Waals surface area contributed by atoms with Crippen LogP contribution in [0.3, 0.4) is 0 Å². The van der Waals surface area contributed by atoms with E-state index in [9.17, 15) is 9.59 Å². The summed E-state index contributed by atoms with van der Waals surface area (Å²) in [6.45, 7) is 5.40. The molecule has 3 rings (SSSR count). The normalized spacial score (nSPS) is 10.5. The molecule has 0 saturated carbocycles. The lowest BCUT2D eigenvalue weighted by Crippen LogP contribution is -2.09.